The van der Waals surface area contributed by atoms with Crippen molar-refractivity contribution < 1.29 is 18.3 Å². The van der Waals surface area contributed by atoms with Crippen LogP contribution in [0.3, 0.4) is 0 Å². The summed E-state index contributed by atoms with van der Waals surface area (Å²) in [5.41, 5.74) is 3.02. The summed E-state index contributed by atoms with van der Waals surface area (Å²) in [5, 5.41) is 8.64. The SMILES string of the molecule is Cc1ccc(NS(=O)(=O)CCC(=O)O)c(-c2cccc(Br)c2)c1. The van der Waals surface area contributed by atoms with Crippen LogP contribution in [0.15, 0.2) is 46.9 Å². The van der Waals surface area contributed by atoms with E-state index in [1.54, 1.807) is 12.1 Å². The molecule has 2 aromatic rings. The van der Waals surface area contributed by atoms with Gasteiger partial charge in [-0.3, -0.25) is 9.52 Å². The van der Waals surface area contributed by atoms with Gasteiger partial charge in [0, 0.05) is 10.0 Å². The van der Waals surface area contributed by atoms with Crippen LogP contribution >= 0.6 is 15.9 Å². The molecule has 0 unspecified atom stereocenters. The number of sulfonamides is 1. The van der Waals surface area contributed by atoms with Gasteiger partial charge in [0.05, 0.1) is 17.9 Å². The van der Waals surface area contributed by atoms with Crippen molar-refractivity contribution in [2.75, 3.05) is 10.5 Å². The zero-order valence-electron chi connectivity index (χ0n) is 12.4. The van der Waals surface area contributed by atoms with E-state index < -0.39 is 28.2 Å². The van der Waals surface area contributed by atoms with E-state index in [1.165, 1.54) is 0 Å². The molecule has 2 aromatic carbocycles. The van der Waals surface area contributed by atoms with Crippen LogP contribution in [-0.2, 0) is 14.8 Å². The van der Waals surface area contributed by atoms with Crippen LogP contribution in [0, 0.1) is 6.92 Å². The number of nitrogens with one attached hydrogen (secondary N) is 1. The largest absolute Gasteiger partial charge is 0.481 e. The number of hydrogen-bond acceptors (Lipinski definition) is 3. The normalized spacial score (nSPS) is 11.2. The van der Waals surface area contributed by atoms with Crippen molar-refractivity contribution in [2.45, 2.75) is 13.3 Å². The van der Waals surface area contributed by atoms with E-state index in [4.69, 9.17) is 5.11 Å². The number of aliphatic carboxylic acids is 1. The average molecular weight is 398 g/mol. The molecule has 2 N–H and O–H groups in total. The number of rotatable bonds is 6. The van der Waals surface area contributed by atoms with E-state index in [0.29, 0.717) is 5.69 Å². The molecule has 0 amide bonds. The van der Waals surface area contributed by atoms with Gasteiger partial charge in [0.1, 0.15) is 0 Å². The fourth-order valence-corrected chi connectivity index (χ4v) is 3.54. The third kappa shape index (κ3) is 5.07. The van der Waals surface area contributed by atoms with Crippen molar-refractivity contribution in [2.24, 2.45) is 0 Å². The van der Waals surface area contributed by atoms with Crippen molar-refractivity contribution in [3.8, 4) is 11.1 Å². The molecule has 5 nitrogen and oxygen atoms in total. The summed E-state index contributed by atoms with van der Waals surface area (Å²) in [5.74, 6) is -1.61. The van der Waals surface area contributed by atoms with Crippen LogP contribution < -0.4 is 4.72 Å². The van der Waals surface area contributed by atoms with E-state index >= 15 is 0 Å². The Kier molecular flexibility index (Phi) is 5.43. The lowest BCUT2D eigenvalue weighted by atomic mass is 10.0. The first-order chi connectivity index (χ1) is 10.8. The van der Waals surface area contributed by atoms with Crippen LogP contribution in [0.25, 0.3) is 11.1 Å². The van der Waals surface area contributed by atoms with Crippen molar-refractivity contribution in [1.82, 2.24) is 0 Å². The van der Waals surface area contributed by atoms with Crippen molar-refractivity contribution in [3.05, 3.63) is 52.5 Å². The summed E-state index contributed by atoms with van der Waals surface area (Å²) in [6, 6.07) is 12.9. The first kappa shape index (κ1) is 17.5. The van der Waals surface area contributed by atoms with Crippen molar-refractivity contribution in [3.63, 3.8) is 0 Å². The second-order valence-corrected chi connectivity index (χ2v) is 7.88. The highest BCUT2D eigenvalue weighted by atomic mass is 79.9. The Morgan fingerprint density at radius 2 is 1.96 bits per heavy atom. The van der Waals surface area contributed by atoms with E-state index in [1.807, 2.05) is 37.3 Å². The molecule has 122 valence electrons. The number of carbonyl (C=O) groups is 1. The van der Waals surface area contributed by atoms with Crippen molar-refractivity contribution in [1.29, 1.82) is 0 Å². The summed E-state index contributed by atoms with van der Waals surface area (Å²) >= 11 is 3.40. The number of carboxylic acids is 1. The van der Waals surface area contributed by atoms with Crippen LogP contribution in [0.5, 0.6) is 0 Å². The van der Waals surface area contributed by atoms with Gasteiger partial charge in [-0.2, -0.15) is 0 Å². The Morgan fingerprint density at radius 3 is 2.61 bits per heavy atom. The molecule has 0 aliphatic carbocycles. The molecular weight excluding hydrogens is 382 g/mol. The van der Waals surface area contributed by atoms with Crippen LogP contribution in [0.2, 0.25) is 0 Å². The fourth-order valence-electron chi connectivity index (χ4n) is 2.08. The van der Waals surface area contributed by atoms with Gasteiger partial charge >= 0.3 is 5.97 Å². The maximum atomic E-state index is 12.1. The van der Waals surface area contributed by atoms with Crippen LogP contribution in [0.4, 0.5) is 5.69 Å². The third-order valence-corrected chi connectivity index (χ3v) is 4.93. The van der Waals surface area contributed by atoms with E-state index in [0.717, 1.165) is 21.2 Å². The summed E-state index contributed by atoms with van der Waals surface area (Å²) < 4.78 is 27.5. The lowest BCUT2D eigenvalue weighted by Crippen LogP contribution is -2.19. The topological polar surface area (TPSA) is 83.5 Å². The molecule has 0 aliphatic rings. The highest BCUT2D eigenvalue weighted by molar-refractivity contribution is 9.10. The zero-order valence-corrected chi connectivity index (χ0v) is 14.8. The molecular formula is C16H16BrNO4S. The first-order valence-corrected chi connectivity index (χ1v) is 9.30. The molecule has 0 radical (unpaired) electrons. The van der Waals surface area contributed by atoms with Gasteiger partial charge < -0.3 is 5.11 Å². The predicted molar refractivity (Wildman–Crippen MR) is 94.0 cm³/mol. The van der Waals surface area contributed by atoms with Gasteiger partial charge in [0.15, 0.2) is 0 Å². The molecule has 0 aromatic heterocycles. The van der Waals surface area contributed by atoms with Gasteiger partial charge in [-0.15, -0.1) is 0 Å². The fraction of sp³-hybridized carbons (Fsp3) is 0.188. The van der Waals surface area contributed by atoms with E-state index in [-0.39, 0.29) is 0 Å². The van der Waals surface area contributed by atoms with E-state index in [2.05, 4.69) is 20.7 Å². The number of aryl methyl sites for hydroxylation is 1. The quantitative estimate of drug-likeness (QED) is 0.778. The first-order valence-electron chi connectivity index (χ1n) is 6.86. The molecule has 2 rings (SSSR count). The maximum Gasteiger partial charge on any atom is 0.304 e. The highest BCUT2D eigenvalue weighted by Crippen LogP contribution is 2.31. The van der Waals surface area contributed by atoms with Gasteiger partial charge in [0.2, 0.25) is 10.0 Å². The second kappa shape index (κ2) is 7.14. The molecule has 0 aliphatic heterocycles. The third-order valence-electron chi connectivity index (χ3n) is 3.16. The Labute approximate surface area is 143 Å². The molecule has 0 atom stereocenters. The molecule has 0 bridgehead atoms. The molecule has 7 heteroatoms. The summed E-state index contributed by atoms with van der Waals surface area (Å²) in [6.07, 6.45) is -0.437. The van der Waals surface area contributed by atoms with Crippen LogP contribution in [-0.4, -0.2) is 25.2 Å². The number of halogens is 1. The molecule has 0 spiro atoms. The molecule has 0 fully saturated rings. The minimum Gasteiger partial charge on any atom is -0.481 e. The van der Waals surface area contributed by atoms with E-state index in [9.17, 15) is 13.2 Å². The summed E-state index contributed by atoms with van der Waals surface area (Å²) in [6.45, 7) is 1.92. The monoisotopic (exact) mass is 397 g/mol. The molecule has 0 heterocycles. The Morgan fingerprint density at radius 1 is 1.22 bits per heavy atom. The second-order valence-electron chi connectivity index (χ2n) is 5.12. The molecule has 23 heavy (non-hydrogen) atoms. The maximum absolute atomic E-state index is 12.1. The number of anilines is 1. The predicted octanol–water partition coefficient (Wildman–Crippen LogP) is 3.64. The number of benzene rings is 2. The number of hydrogen-bond donors (Lipinski definition) is 2. The number of carboxylic acid groups (broad SMARTS) is 1. The summed E-state index contributed by atoms with van der Waals surface area (Å²) in [4.78, 5) is 10.6. The van der Waals surface area contributed by atoms with Gasteiger partial charge in [0.25, 0.3) is 0 Å². The average Bonchev–Trinajstić information content (AvgIpc) is 2.47. The molecule has 0 saturated heterocycles. The van der Waals surface area contributed by atoms with Gasteiger partial charge in [-0.05, 0) is 36.8 Å². The smallest absolute Gasteiger partial charge is 0.304 e. The Balaban J connectivity index is 2.38. The Bertz CT molecular complexity index is 834. The molecule has 0 saturated carbocycles. The standard InChI is InChI=1S/C16H16BrNO4S/c1-11-5-6-15(18-23(21,22)8-7-16(19)20)14(9-11)12-3-2-4-13(17)10-12/h2-6,9-10,18H,7-8H2,1H3,(H,19,20). The van der Waals surface area contributed by atoms with Gasteiger partial charge in [-0.1, -0.05) is 39.7 Å². The Hall–Kier alpha value is -1.86. The van der Waals surface area contributed by atoms with Crippen LogP contribution in [0.1, 0.15) is 12.0 Å². The lowest BCUT2D eigenvalue weighted by Gasteiger charge is -2.13. The van der Waals surface area contributed by atoms with Crippen molar-refractivity contribution >= 4 is 37.6 Å². The van der Waals surface area contributed by atoms with Gasteiger partial charge in [-0.25, -0.2) is 8.42 Å². The highest BCUT2D eigenvalue weighted by Gasteiger charge is 2.16. The zero-order chi connectivity index (χ0) is 17.0. The minimum absolute atomic E-state index is 0.430. The lowest BCUT2D eigenvalue weighted by molar-refractivity contribution is -0.136. The summed E-state index contributed by atoms with van der Waals surface area (Å²) in [7, 11) is -3.73. The minimum atomic E-state index is -3.73.